The Morgan fingerprint density at radius 1 is 1.17 bits per heavy atom. The van der Waals surface area contributed by atoms with Gasteiger partial charge in [-0.3, -0.25) is 19.7 Å². The van der Waals surface area contributed by atoms with Crippen LogP contribution in [-0.4, -0.2) is 22.5 Å². The van der Waals surface area contributed by atoms with Crippen LogP contribution in [0.15, 0.2) is 53.4 Å². The van der Waals surface area contributed by atoms with E-state index in [0.717, 1.165) is 4.90 Å². The smallest absolute Gasteiger partial charge is 0.270 e. The first-order valence-electron chi connectivity index (χ1n) is 7.03. The van der Waals surface area contributed by atoms with Crippen LogP contribution in [0.25, 0.3) is 0 Å². The highest BCUT2D eigenvalue weighted by molar-refractivity contribution is 7.99. The van der Waals surface area contributed by atoms with E-state index in [1.165, 1.54) is 36.0 Å². The van der Waals surface area contributed by atoms with Gasteiger partial charge in [0, 0.05) is 34.8 Å². The van der Waals surface area contributed by atoms with Crippen LogP contribution in [0.5, 0.6) is 0 Å². The Morgan fingerprint density at radius 3 is 2.62 bits per heavy atom. The third-order valence-electron chi connectivity index (χ3n) is 3.06. The second-order valence-electron chi connectivity index (χ2n) is 4.82. The maximum atomic E-state index is 12.3. The fourth-order valence-corrected chi connectivity index (χ4v) is 2.89. The van der Waals surface area contributed by atoms with Crippen molar-refractivity contribution in [1.82, 2.24) is 0 Å². The molecule has 0 unspecified atom stereocenters. The number of nitrogens with one attached hydrogen (secondary N) is 1. The molecule has 0 fully saturated rings. The maximum absolute atomic E-state index is 12.3. The molecule has 0 aliphatic rings. The first-order valence-corrected chi connectivity index (χ1v) is 8.02. The summed E-state index contributed by atoms with van der Waals surface area (Å²) in [5.41, 5.74) is 5.73. The number of amides is 2. The summed E-state index contributed by atoms with van der Waals surface area (Å²) in [6.07, 6.45) is 0.234. The molecule has 2 aromatic carbocycles. The molecule has 2 aromatic rings. The molecule has 0 saturated heterocycles. The van der Waals surface area contributed by atoms with E-state index >= 15 is 0 Å². The van der Waals surface area contributed by atoms with Crippen LogP contribution < -0.4 is 11.1 Å². The van der Waals surface area contributed by atoms with Gasteiger partial charge in [0.05, 0.1) is 10.6 Å². The summed E-state index contributed by atoms with van der Waals surface area (Å²) in [6.45, 7) is 0. The molecule has 0 bridgehead atoms. The lowest BCUT2D eigenvalue weighted by Gasteiger charge is -2.10. The van der Waals surface area contributed by atoms with Crippen molar-refractivity contribution < 1.29 is 14.5 Å². The van der Waals surface area contributed by atoms with Crippen LogP contribution in [0, 0.1) is 10.1 Å². The molecule has 8 heteroatoms. The second kappa shape index (κ2) is 8.11. The van der Waals surface area contributed by atoms with Crippen LogP contribution >= 0.6 is 11.8 Å². The molecule has 2 rings (SSSR count). The highest BCUT2D eigenvalue weighted by Gasteiger charge is 2.13. The van der Waals surface area contributed by atoms with E-state index in [4.69, 9.17) is 5.73 Å². The number of hydrogen-bond donors (Lipinski definition) is 2. The molecular formula is C16H15N3O4S. The van der Waals surface area contributed by atoms with E-state index in [1.54, 1.807) is 12.1 Å². The van der Waals surface area contributed by atoms with Crippen LogP contribution in [0.4, 0.5) is 11.4 Å². The van der Waals surface area contributed by atoms with E-state index < -0.39 is 10.8 Å². The molecule has 0 aromatic heterocycles. The van der Waals surface area contributed by atoms with Gasteiger partial charge in [-0.05, 0) is 18.2 Å². The minimum absolute atomic E-state index is 0.147. The zero-order valence-corrected chi connectivity index (χ0v) is 13.4. The summed E-state index contributed by atoms with van der Waals surface area (Å²) in [6, 6.07) is 12.6. The van der Waals surface area contributed by atoms with Crippen molar-refractivity contribution in [2.24, 2.45) is 5.73 Å². The standard InChI is InChI=1S/C16H15N3O4S/c17-15(20)8-9-24-14-7-2-1-6-13(14)18-16(21)11-4-3-5-12(10-11)19(22)23/h1-7,10H,8-9H2,(H2,17,20)(H,18,21). The van der Waals surface area contributed by atoms with Gasteiger partial charge < -0.3 is 11.1 Å². The van der Waals surface area contributed by atoms with Gasteiger partial charge in [-0.1, -0.05) is 18.2 Å². The molecule has 0 aliphatic carbocycles. The number of nitro benzene ring substituents is 1. The predicted molar refractivity (Wildman–Crippen MR) is 92.0 cm³/mol. The first-order chi connectivity index (χ1) is 11.5. The Balaban J connectivity index is 2.13. The largest absolute Gasteiger partial charge is 0.370 e. The molecule has 0 heterocycles. The number of nitrogens with two attached hydrogens (primary N) is 1. The Morgan fingerprint density at radius 2 is 1.92 bits per heavy atom. The number of hydrogen-bond acceptors (Lipinski definition) is 5. The van der Waals surface area contributed by atoms with Crippen LogP contribution in [0.3, 0.4) is 0 Å². The van der Waals surface area contributed by atoms with Crippen molar-refractivity contribution in [2.75, 3.05) is 11.1 Å². The highest BCUT2D eigenvalue weighted by Crippen LogP contribution is 2.28. The van der Waals surface area contributed by atoms with E-state index in [9.17, 15) is 19.7 Å². The Labute approximate surface area is 142 Å². The van der Waals surface area contributed by atoms with E-state index in [0.29, 0.717) is 11.4 Å². The monoisotopic (exact) mass is 345 g/mol. The summed E-state index contributed by atoms with van der Waals surface area (Å²) in [4.78, 5) is 34.1. The summed E-state index contributed by atoms with van der Waals surface area (Å²) < 4.78 is 0. The Kier molecular flexibility index (Phi) is 5.91. The fourth-order valence-electron chi connectivity index (χ4n) is 1.91. The van der Waals surface area contributed by atoms with Crippen LogP contribution in [-0.2, 0) is 4.79 Å². The molecular weight excluding hydrogens is 330 g/mol. The second-order valence-corrected chi connectivity index (χ2v) is 5.96. The summed E-state index contributed by atoms with van der Waals surface area (Å²) >= 11 is 1.40. The van der Waals surface area contributed by atoms with Gasteiger partial charge in [-0.25, -0.2) is 0 Å². The van der Waals surface area contributed by atoms with Crippen molar-refractivity contribution in [3.8, 4) is 0 Å². The quantitative estimate of drug-likeness (QED) is 0.455. The summed E-state index contributed by atoms with van der Waals surface area (Å²) in [5.74, 6) is -0.332. The minimum atomic E-state index is -0.551. The lowest BCUT2D eigenvalue weighted by molar-refractivity contribution is -0.384. The molecule has 24 heavy (non-hydrogen) atoms. The lowest BCUT2D eigenvalue weighted by Crippen LogP contribution is -2.13. The van der Waals surface area contributed by atoms with E-state index in [2.05, 4.69) is 5.32 Å². The molecule has 0 radical (unpaired) electrons. The zero-order chi connectivity index (χ0) is 17.5. The van der Waals surface area contributed by atoms with E-state index in [1.807, 2.05) is 12.1 Å². The summed E-state index contributed by atoms with van der Waals surface area (Å²) in [5, 5.41) is 13.5. The van der Waals surface area contributed by atoms with Gasteiger partial charge in [0.1, 0.15) is 0 Å². The van der Waals surface area contributed by atoms with Gasteiger partial charge in [0.25, 0.3) is 11.6 Å². The lowest BCUT2D eigenvalue weighted by atomic mass is 10.2. The number of para-hydroxylation sites is 1. The van der Waals surface area contributed by atoms with Gasteiger partial charge in [0.15, 0.2) is 0 Å². The number of benzene rings is 2. The molecule has 124 valence electrons. The van der Waals surface area contributed by atoms with Crippen molar-refractivity contribution >= 4 is 35.0 Å². The fraction of sp³-hybridized carbons (Fsp3) is 0.125. The molecule has 0 spiro atoms. The van der Waals surface area contributed by atoms with Gasteiger partial charge in [0.2, 0.25) is 5.91 Å². The first kappa shape index (κ1) is 17.5. The highest BCUT2D eigenvalue weighted by atomic mass is 32.2. The van der Waals surface area contributed by atoms with Crippen molar-refractivity contribution in [3.05, 3.63) is 64.2 Å². The number of nitrogens with zero attached hydrogens (tertiary/aromatic N) is 1. The average Bonchev–Trinajstić information content (AvgIpc) is 2.56. The van der Waals surface area contributed by atoms with Crippen LogP contribution in [0.2, 0.25) is 0 Å². The normalized spacial score (nSPS) is 10.2. The SMILES string of the molecule is NC(=O)CCSc1ccccc1NC(=O)c1cccc([N+](=O)[O-])c1. The molecule has 0 saturated carbocycles. The third kappa shape index (κ3) is 4.82. The number of thioether (sulfide) groups is 1. The topological polar surface area (TPSA) is 115 Å². The molecule has 0 aliphatic heterocycles. The summed E-state index contributed by atoms with van der Waals surface area (Å²) in [7, 11) is 0. The zero-order valence-electron chi connectivity index (χ0n) is 12.6. The number of rotatable bonds is 7. The predicted octanol–water partition coefficient (Wildman–Crippen LogP) is 2.81. The van der Waals surface area contributed by atoms with Gasteiger partial charge in [-0.2, -0.15) is 0 Å². The maximum Gasteiger partial charge on any atom is 0.270 e. The molecule has 2 amide bonds. The van der Waals surface area contributed by atoms with E-state index in [-0.39, 0.29) is 23.6 Å². The molecule has 3 N–H and O–H groups in total. The Hall–Kier alpha value is -2.87. The third-order valence-corrected chi connectivity index (χ3v) is 4.14. The number of carbonyl (C=O) groups is 2. The number of primary amides is 1. The van der Waals surface area contributed by atoms with Gasteiger partial charge in [-0.15, -0.1) is 11.8 Å². The Bertz CT molecular complexity index is 779. The number of nitro groups is 1. The molecule has 0 atom stereocenters. The average molecular weight is 345 g/mol. The van der Waals surface area contributed by atoms with Crippen molar-refractivity contribution in [1.29, 1.82) is 0 Å². The minimum Gasteiger partial charge on any atom is -0.370 e. The molecule has 7 nitrogen and oxygen atoms in total. The van der Waals surface area contributed by atoms with Crippen LogP contribution in [0.1, 0.15) is 16.8 Å². The van der Waals surface area contributed by atoms with Gasteiger partial charge >= 0.3 is 0 Å². The number of anilines is 1. The van der Waals surface area contributed by atoms with Crippen molar-refractivity contribution in [2.45, 2.75) is 11.3 Å². The van der Waals surface area contributed by atoms with Crippen molar-refractivity contribution in [3.63, 3.8) is 0 Å². The number of carbonyl (C=O) groups excluding carboxylic acids is 2. The number of non-ortho nitro benzene ring substituents is 1.